The Hall–Kier alpha value is -1.79. The van der Waals surface area contributed by atoms with E-state index in [4.69, 9.17) is 5.11 Å². The average Bonchev–Trinajstić information content (AvgIpc) is 2.72. The lowest BCUT2D eigenvalue weighted by Gasteiger charge is -2.43. The molecule has 0 radical (unpaired) electrons. The van der Waals surface area contributed by atoms with Gasteiger partial charge in [-0.3, -0.25) is 0 Å². The van der Waals surface area contributed by atoms with Crippen molar-refractivity contribution in [1.29, 1.82) is 0 Å². The van der Waals surface area contributed by atoms with E-state index in [-0.39, 0.29) is 0 Å². The van der Waals surface area contributed by atoms with Gasteiger partial charge < -0.3 is 9.84 Å². The van der Waals surface area contributed by atoms with Crippen molar-refractivity contribution in [2.45, 2.75) is 79.1 Å². The molecule has 37 heavy (non-hydrogen) atoms. The normalized spacial score (nSPS) is 21.0. The van der Waals surface area contributed by atoms with Crippen LogP contribution in [0.4, 0.5) is 74.6 Å². The number of hydrogen-bond acceptors (Lipinski definition) is 2. The molecule has 1 atom stereocenters. The first-order chi connectivity index (χ1) is 16.2. The van der Waals surface area contributed by atoms with Crippen LogP contribution >= 0.6 is 0 Å². The molecule has 0 spiro atoms. The van der Waals surface area contributed by atoms with Gasteiger partial charge in [0, 0.05) is 19.3 Å². The maximum Gasteiger partial charge on any atom is 0.426 e. The number of halogens is 17. The van der Waals surface area contributed by atoms with E-state index in [1.165, 1.54) is 0 Å². The zero-order valence-corrected chi connectivity index (χ0v) is 17.6. The summed E-state index contributed by atoms with van der Waals surface area (Å²) in [5, 5.41) is 9.08. The molecule has 0 amide bonds. The zero-order chi connectivity index (χ0) is 29.6. The van der Waals surface area contributed by atoms with Gasteiger partial charge in [-0.1, -0.05) is 24.3 Å². The van der Waals surface area contributed by atoms with Crippen molar-refractivity contribution < 1.29 is 84.5 Å². The molecule has 0 bridgehead atoms. The lowest BCUT2D eigenvalue weighted by Crippen LogP contribution is -2.73. The van der Waals surface area contributed by atoms with E-state index in [0.29, 0.717) is 6.08 Å². The Morgan fingerprint density at radius 1 is 0.622 bits per heavy atom. The predicted octanol–water partition coefficient (Wildman–Crippen LogP) is 7.39. The Bertz CT molecular complexity index is 859. The monoisotopic (exact) mass is 586 g/mol. The van der Waals surface area contributed by atoms with Crippen molar-refractivity contribution >= 4 is 0 Å². The fourth-order valence-corrected chi connectivity index (χ4v) is 2.86. The lowest BCUT2D eigenvalue weighted by molar-refractivity contribution is -0.474. The van der Waals surface area contributed by atoms with Crippen molar-refractivity contribution in [1.82, 2.24) is 0 Å². The minimum Gasteiger partial charge on any atom is -0.393 e. The molecule has 0 saturated carbocycles. The predicted molar refractivity (Wildman–Crippen MR) is 88.3 cm³/mol. The van der Waals surface area contributed by atoms with Crippen molar-refractivity contribution in [3.8, 4) is 0 Å². The number of allylic oxidation sites excluding steroid dienone is 2. The van der Waals surface area contributed by atoms with Crippen LogP contribution in [0.25, 0.3) is 0 Å². The Morgan fingerprint density at radius 3 is 1.49 bits per heavy atom. The highest BCUT2D eigenvalue weighted by molar-refractivity contribution is 5.20. The molecule has 0 saturated heterocycles. The fraction of sp³-hybridized carbons (Fsp3) is 0.778. The molecule has 1 aliphatic carbocycles. The summed E-state index contributed by atoms with van der Waals surface area (Å²) < 4.78 is 233. The third-order valence-electron chi connectivity index (χ3n) is 5.06. The highest BCUT2D eigenvalue weighted by atomic mass is 19.4. The van der Waals surface area contributed by atoms with Crippen LogP contribution in [0.3, 0.4) is 0 Å². The number of hydrogen-bond donors (Lipinski definition) is 1. The second-order valence-corrected chi connectivity index (χ2v) is 7.88. The standard InChI is InChI=1S/C18H15F17O2/c19-11(20,7-4-8-12(21,22)23)13(24,25)14(26,27)15(28,29)16(30,31)17(32,33)18(34,35)37-10(9-36)5-2-1-3-6-10/h1-3,5,36H,4,6-9H2. The summed E-state index contributed by atoms with van der Waals surface area (Å²) in [5.41, 5.74) is -3.02. The lowest BCUT2D eigenvalue weighted by atomic mass is 9.89. The summed E-state index contributed by atoms with van der Waals surface area (Å²) in [7, 11) is 0. The van der Waals surface area contributed by atoms with Crippen molar-refractivity contribution in [2.24, 2.45) is 0 Å². The van der Waals surface area contributed by atoms with Crippen LogP contribution in [-0.2, 0) is 4.74 Å². The Balaban J connectivity index is 3.43. The fourth-order valence-electron chi connectivity index (χ4n) is 2.86. The van der Waals surface area contributed by atoms with Crippen molar-refractivity contribution in [2.75, 3.05) is 6.61 Å². The first kappa shape index (κ1) is 33.2. The maximum atomic E-state index is 14.0. The van der Waals surface area contributed by atoms with Gasteiger partial charge in [-0.25, -0.2) is 0 Å². The molecule has 1 unspecified atom stereocenters. The van der Waals surface area contributed by atoms with E-state index in [9.17, 15) is 74.6 Å². The van der Waals surface area contributed by atoms with Crippen LogP contribution in [0.15, 0.2) is 24.3 Å². The number of alkyl halides is 17. The van der Waals surface area contributed by atoms with Gasteiger partial charge in [-0.05, 0) is 6.42 Å². The minimum atomic E-state index is -8.39. The van der Waals surface area contributed by atoms with E-state index < -0.39 is 85.7 Å². The Morgan fingerprint density at radius 2 is 1.08 bits per heavy atom. The van der Waals surface area contributed by atoms with Gasteiger partial charge in [0.1, 0.15) is 5.60 Å². The summed E-state index contributed by atoms with van der Waals surface area (Å²) in [5.74, 6) is -47.1. The molecule has 0 heterocycles. The maximum absolute atomic E-state index is 14.0. The van der Waals surface area contributed by atoms with Crippen LogP contribution in [0.1, 0.15) is 25.7 Å². The van der Waals surface area contributed by atoms with Gasteiger partial charge in [-0.2, -0.15) is 74.6 Å². The van der Waals surface area contributed by atoms with Crippen LogP contribution < -0.4 is 0 Å². The third kappa shape index (κ3) is 5.66. The van der Waals surface area contributed by atoms with Crippen molar-refractivity contribution in [3.63, 3.8) is 0 Å². The Labute approximate surface area is 195 Å². The summed E-state index contributed by atoms with van der Waals surface area (Å²) >= 11 is 0. The summed E-state index contributed by atoms with van der Waals surface area (Å²) in [4.78, 5) is 0. The van der Waals surface area contributed by atoms with Crippen LogP contribution in [0.2, 0.25) is 0 Å². The van der Waals surface area contributed by atoms with E-state index in [0.717, 1.165) is 18.2 Å². The molecule has 0 aromatic heterocycles. The first-order valence-electron chi connectivity index (χ1n) is 9.55. The largest absolute Gasteiger partial charge is 0.426 e. The third-order valence-corrected chi connectivity index (χ3v) is 5.06. The van der Waals surface area contributed by atoms with Gasteiger partial charge in [-0.15, -0.1) is 0 Å². The summed E-state index contributed by atoms with van der Waals surface area (Å²) in [6.07, 6.45) is -17.8. The molecular formula is C18H15F17O2. The molecule has 1 N–H and O–H groups in total. The number of rotatable bonds is 12. The molecule has 0 fully saturated rings. The van der Waals surface area contributed by atoms with E-state index >= 15 is 0 Å². The molecule has 218 valence electrons. The van der Waals surface area contributed by atoms with E-state index in [1.54, 1.807) is 0 Å². The van der Waals surface area contributed by atoms with Crippen LogP contribution in [0, 0.1) is 0 Å². The van der Waals surface area contributed by atoms with Gasteiger partial charge >= 0.3 is 47.8 Å². The highest BCUT2D eigenvalue weighted by Crippen LogP contribution is 2.63. The molecule has 2 nitrogen and oxygen atoms in total. The zero-order valence-electron chi connectivity index (χ0n) is 17.6. The molecule has 0 aromatic rings. The topological polar surface area (TPSA) is 29.5 Å². The molecule has 1 rings (SSSR count). The van der Waals surface area contributed by atoms with Crippen LogP contribution in [-0.4, -0.2) is 65.1 Å². The highest BCUT2D eigenvalue weighted by Gasteiger charge is 2.93. The Kier molecular flexibility index (Phi) is 8.76. The smallest absolute Gasteiger partial charge is 0.393 e. The summed E-state index contributed by atoms with van der Waals surface area (Å²) in [6, 6.07) is 0. The van der Waals surface area contributed by atoms with Crippen molar-refractivity contribution in [3.05, 3.63) is 24.3 Å². The van der Waals surface area contributed by atoms with Gasteiger partial charge in [0.05, 0.1) is 6.61 Å². The SMILES string of the molecule is OCC1(OC(F)(F)C(F)(F)C(F)(F)C(F)(F)C(F)(F)C(F)(F)C(F)(F)CCCC(F)(F)F)C=CC=CC1. The molecular weight excluding hydrogens is 571 g/mol. The molecule has 19 heteroatoms. The van der Waals surface area contributed by atoms with E-state index in [1.807, 2.05) is 0 Å². The molecule has 0 aromatic carbocycles. The van der Waals surface area contributed by atoms with Gasteiger partial charge in [0.2, 0.25) is 0 Å². The minimum absolute atomic E-state index is 0.345. The molecule has 0 aliphatic heterocycles. The van der Waals surface area contributed by atoms with Gasteiger partial charge in [0.15, 0.2) is 0 Å². The second kappa shape index (κ2) is 9.75. The van der Waals surface area contributed by atoms with Crippen LogP contribution in [0.5, 0.6) is 0 Å². The summed E-state index contributed by atoms with van der Waals surface area (Å²) in [6.45, 7) is -1.71. The average molecular weight is 586 g/mol. The van der Waals surface area contributed by atoms with Gasteiger partial charge in [0.25, 0.3) is 0 Å². The second-order valence-electron chi connectivity index (χ2n) is 7.88. The number of aliphatic hydroxyl groups excluding tert-OH is 1. The number of aliphatic hydroxyl groups is 1. The van der Waals surface area contributed by atoms with E-state index in [2.05, 4.69) is 4.74 Å². The quantitative estimate of drug-likeness (QED) is 0.242. The molecule has 1 aliphatic rings. The number of ether oxygens (including phenoxy) is 1. The first-order valence-corrected chi connectivity index (χ1v) is 9.55.